The third-order valence-corrected chi connectivity index (χ3v) is 12.7. The molecule has 4 heterocycles. The molecule has 3 aromatic carbocycles. The molecule has 0 saturated carbocycles. The molecule has 3 saturated heterocycles. The van der Waals surface area contributed by atoms with Crippen molar-refractivity contribution < 1.29 is 18.9 Å². The van der Waals surface area contributed by atoms with Crippen LogP contribution < -0.4 is 31.5 Å². The Balaban J connectivity index is 0.865. The van der Waals surface area contributed by atoms with Gasteiger partial charge in [0.15, 0.2) is 5.82 Å². The predicted molar refractivity (Wildman–Crippen MR) is 224 cm³/mol. The number of anilines is 6. The van der Waals surface area contributed by atoms with Gasteiger partial charge in [-0.25, -0.2) is 4.98 Å². The van der Waals surface area contributed by atoms with Crippen molar-refractivity contribution >= 4 is 87.9 Å². The number of benzene rings is 3. The summed E-state index contributed by atoms with van der Waals surface area (Å²) in [5.74, 6) is 0.750. The lowest BCUT2D eigenvalue weighted by atomic mass is 9.89. The van der Waals surface area contributed by atoms with Crippen LogP contribution in [0.3, 0.4) is 0 Å². The molecule has 7 rings (SSSR count). The number of piperazine rings is 1. The molecular formula is C40H46Cl2N9O4P. The number of likely N-dealkylation sites (tertiary alicyclic amines) is 1. The van der Waals surface area contributed by atoms with E-state index in [2.05, 4.69) is 53.2 Å². The lowest BCUT2D eigenvalue weighted by molar-refractivity contribution is -0.134. The number of rotatable bonds is 11. The number of halogens is 2. The Labute approximate surface area is 336 Å². The fraction of sp³-hybridized carbons (Fsp3) is 0.375. The molecule has 4 N–H and O–H groups in total. The van der Waals surface area contributed by atoms with Crippen molar-refractivity contribution in [3.8, 4) is 0 Å². The normalized spacial score (nSPS) is 18.4. The average molecular weight is 819 g/mol. The van der Waals surface area contributed by atoms with Crippen molar-refractivity contribution in [2.75, 3.05) is 80.0 Å². The molecule has 1 aromatic heterocycles. The largest absolute Gasteiger partial charge is 0.374 e. The van der Waals surface area contributed by atoms with E-state index >= 15 is 0 Å². The van der Waals surface area contributed by atoms with Gasteiger partial charge in [-0.1, -0.05) is 47.5 Å². The molecule has 0 bridgehead atoms. The molecule has 3 aliphatic heterocycles. The first kappa shape index (κ1) is 39.6. The molecule has 3 aliphatic rings. The van der Waals surface area contributed by atoms with Crippen molar-refractivity contribution in [2.24, 2.45) is 0 Å². The van der Waals surface area contributed by atoms with E-state index in [1.165, 1.54) is 11.8 Å². The van der Waals surface area contributed by atoms with Crippen molar-refractivity contribution in [1.29, 1.82) is 0 Å². The van der Waals surface area contributed by atoms with Gasteiger partial charge in [-0.15, -0.1) is 0 Å². The highest BCUT2D eigenvalue weighted by Gasteiger charge is 2.28. The summed E-state index contributed by atoms with van der Waals surface area (Å²) in [5.41, 5.74) is 4.39. The fourth-order valence-electron chi connectivity index (χ4n) is 7.43. The number of para-hydroxylation sites is 1. The van der Waals surface area contributed by atoms with Gasteiger partial charge in [0.1, 0.15) is 18.2 Å². The van der Waals surface area contributed by atoms with E-state index in [0.29, 0.717) is 90.0 Å². The summed E-state index contributed by atoms with van der Waals surface area (Å²) in [6.45, 7) is 8.24. The second kappa shape index (κ2) is 17.2. The van der Waals surface area contributed by atoms with Crippen LogP contribution in [0.1, 0.15) is 37.2 Å². The van der Waals surface area contributed by atoms with E-state index in [1.807, 2.05) is 59.5 Å². The minimum Gasteiger partial charge on any atom is -0.374 e. The summed E-state index contributed by atoms with van der Waals surface area (Å²) < 4.78 is 12.9. The van der Waals surface area contributed by atoms with E-state index in [4.69, 9.17) is 23.2 Å². The monoisotopic (exact) mass is 817 g/mol. The predicted octanol–water partition coefficient (Wildman–Crippen LogP) is 6.26. The molecule has 3 amide bonds. The van der Waals surface area contributed by atoms with E-state index < -0.39 is 13.2 Å². The van der Waals surface area contributed by atoms with Gasteiger partial charge >= 0.3 is 0 Å². The quantitative estimate of drug-likeness (QED) is 0.100. The Morgan fingerprint density at radius 1 is 0.875 bits per heavy atom. The zero-order valence-electron chi connectivity index (χ0n) is 31.4. The maximum Gasteiger partial charge on any atom is 0.249 e. The Morgan fingerprint density at radius 3 is 2.30 bits per heavy atom. The van der Waals surface area contributed by atoms with Gasteiger partial charge in [-0.05, 0) is 99.6 Å². The number of nitrogens with one attached hydrogen (secondary N) is 4. The van der Waals surface area contributed by atoms with Gasteiger partial charge in [-0.2, -0.15) is 4.98 Å². The maximum absolute atomic E-state index is 13.3. The molecule has 3 fully saturated rings. The van der Waals surface area contributed by atoms with E-state index in [-0.39, 0.29) is 17.7 Å². The fourth-order valence-corrected chi connectivity index (χ4v) is 8.94. The summed E-state index contributed by atoms with van der Waals surface area (Å²) >= 11 is 13.2. The van der Waals surface area contributed by atoms with Crippen LogP contribution in [0.25, 0.3) is 0 Å². The second-order valence-corrected chi connectivity index (χ2v) is 18.9. The van der Waals surface area contributed by atoms with Crippen molar-refractivity contribution in [2.45, 2.75) is 37.6 Å². The zero-order chi connectivity index (χ0) is 39.4. The highest BCUT2D eigenvalue weighted by molar-refractivity contribution is 7.70. The summed E-state index contributed by atoms with van der Waals surface area (Å²) in [5, 5.41) is 13.5. The number of hydrogen-bond acceptors (Lipinski definition) is 11. The summed E-state index contributed by atoms with van der Waals surface area (Å²) in [6.07, 6.45) is 4.29. The lowest BCUT2D eigenvalue weighted by Gasteiger charge is -2.38. The van der Waals surface area contributed by atoms with Crippen molar-refractivity contribution in [3.63, 3.8) is 0 Å². The van der Waals surface area contributed by atoms with Crippen LogP contribution in [0, 0.1) is 0 Å². The third kappa shape index (κ3) is 9.64. The molecular weight excluding hydrogens is 772 g/mol. The summed E-state index contributed by atoms with van der Waals surface area (Å²) in [7, 11) is -2.55. The second-order valence-electron chi connectivity index (χ2n) is 14.9. The maximum atomic E-state index is 13.3. The smallest absolute Gasteiger partial charge is 0.249 e. The van der Waals surface area contributed by atoms with Crippen LogP contribution in [0.2, 0.25) is 10.0 Å². The molecule has 13 nitrogen and oxygen atoms in total. The van der Waals surface area contributed by atoms with Crippen molar-refractivity contribution in [1.82, 2.24) is 25.1 Å². The van der Waals surface area contributed by atoms with E-state index in [0.717, 1.165) is 37.3 Å². The number of carbonyl (C=O) groups excluding carboxylic acids is 3. The molecule has 0 radical (unpaired) electrons. The van der Waals surface area contributed by atoms with E-state index in [1.54, 1.807) is 13.3 Å². The van der Waals surface area contributed by atoms with Gasteiger partial charge in [-0.3, -0.25) is 24.6 Å². The minimum absolute atomic E-state index is 0.156. The van der Waals surface area contributed by atoms with Crippen LogP contribution in [0.4, 0.5) is 34.5 Å². The molecule has 0 spiro atoms. The molecule has 1 atom stereocenters. The Morgan fingerprint density at radius 2 is 1.61 bits per heavy atom. The summed E-state index contributed by atoms with van der Waals surface area (Å²) in [4.78, 5) is 52.2. The number of carbonyl (C=O) groups is 3. The van der Waals surface area contributed by atoms with Crippen LogP contribution in [-0.4, -0.2) is 103 Å². The number of amides is 3. The topological polar surface area (TPSA) is 152 Å². The molecule has 56 heavy (non-hydrogen) atoms. The van der Waals surface area contributed by atoms with Gasteiger partial charge in [0, 0.05) is 49.3 Å². The highest BCUT2D eigenvalue weighted by atomic mass is 35.5. The summed E-state index contributed by atoms with van der Waals surface area (Å²) in [6, 6.07) is 21.0. The van der Waals surface area contributed by atoms with Gasteiger partial charge < -0.3 is 30.3 Å². The number of imide groups is 1. The van der Waals surface area contributed by atoms with Crippen LogP contribution in [0.5, 0.6) is 0 Å². The van der Waals surface area contributed by atoms with Crippen LogP contribution >= 0.6 is 30.3 Å². The number of piperidine rings is 2. The Kier molecular flexibility index (Phi) is 12.2. The van der Waals surface area contributed by atoms with E-state index in [9.17, 15) is 18.9 Å². The molecule has 0 aliphatic carbocycles. The lowest BCUT2D eigenvalue weighted by Crippen LogP contribution is -2.51. The van der Waals surface area contributed by atoms with Crippen LogP contribution in [0.15, 0.2) is 72.9 Å². The standard InChI is InChI=1S/C40H46Cl2N9O4P/c1-56(2,55)35-6-4-3-5-33(35)45-38-31(42)24-43-40(48-38)46-32-12-11-29(23-30(32)41)50-19-21-51(22-20-50)37(53)25-49-17-15-27(16-18-49)26-7-9-28(10-8-26)44-34-13-14-36(52)47-39(34)54/h3-12,23-24,27,34,44H,13-22,25H2,1-2H3,(H,47,52,54)(H2,43,45,46,48). The van der Waals surface area contributed by atoms with Gasteiger partial charge in [0.25, 0.3) is 0 Å². The van der Waals surface area contributed by atoms with Gasteiger partial charge in [0.2, 0.25) is 23.7 Å². The van der Waals surface area contributed by atoms with Crippen molar-refractivity contribution in [3.05, 3.63) is 88.5 Å². The number of hydrogen-bond donors (Lipinski definition) is 4. The Bertz CT molecular complexity index is 2130. The SMILES string of the molecule is CP(C)(=O)c1ccccc1Nc1nc(Nc2ccc(N3CCN(C(=O)CN4CCC(c5ccc(NC6CCC(=O)NC6=O)cc5)CC4)CC3)cc2Cl)ncc1Cl. The molecule has 4 aromatic rings. The number of aromatic nitrogens is 2. The first-order chi connectivity index (χ1) is 26.9. The molecule has 1 unspecified atom stereocenters. The number of nitrogens with zero attached hydrogens (tertiary/aromatic N) is 5. The minimum atomic E-state index is -2.55. The first-order valence-corrected chi connectivity index (χ1v) is 22.2. The Hall–Kier alpha value is -4.68. The third-order valence-electron chi connectivity index (χ3n) is 10.6. The molecule has 294 valence electrons. The van der Waals surface area contributed by atoms with Gasteiger partial charge in [0.05, 0.1) is 29.1 Å². The first-order valence-electron chi connectivity index (χ1n) is 18.9. The zero-order valence-corrected chi connectivity index (χ0v) is 33.8. The average Bonchev–Trinajstić information content (AvgIpc) is 3.18. The highest BCUT2D eigenvalue weighted by Crippen LogP contribution is 2.39. The molecule has 16 heteroatoms. The van der Waals surface area contributed by atoms with Crippen LogP contribution in [-0.2, 0) is 18.9 Å².